The highest BCUT2D eigenvalue weighted by Gasteiger charge is 2.30. The van der Waals surface area contributed by atoms with Gasteiger partial charge >= 0.3 is 0 Å². The molecule has 0 bridgehead atoms. The predicted octanol–water partition coefficient (Wildman–Crippen LogP) is 4.13. The van der Waals surface area contributed by atoms with E-state index in [9.17, 15) is 8.78 Å². The smallest absolute Gasteiger partial charge is 0.162 e. The zero-order valence-corrected chi connectivity index (χ0v) is 12.1. The van der Waals surface area contributed by atoms with Gasteiger partial charge in [-0.1, -0.05) is 42.0 Å². The van der Waals surface area contributed by atoms with E-state index in [0.29, 0.717) is 5.56 Å². The van der Waals surface area contributed by atoms with E-state index < -0.39 is 11.6 Å². The predicted molar refractivity (Wildman–Crippen MR) is 80.5 cm³/mol. The first-order valence-electron chi connectivity index (χ1n) is 7.38. The first-order chi connectivity index (χ1) is 10.2. The summed E-state index contributed by atoms with van der Waals surface area (Å²) in [6.07, 6.45) is 0.818. The standard InChI is InChI=1S/C18H19F2N/c1-12-4-2-5-13(10-12)16-11-21-9-8-14(16)15-6-3-7-17(19)18(15)20/h2-7,10,14,16,21H,8-9,11H2,1H3. The fourth-order valence-electron chi connectivity index (χ4n) is 3.29. The van der Waals surface area contributed by atoms with E-state index in [0.717, 1.165) is 19.5 Å². The minimum Gasteiger partial charge on any atom is -0.316 e. The molecule has 1 N–H and O–H groups in total. The fourth-order valence-corrected chi connectivity index (χ4v) is 3.29. The van der Waals surface area contributed by atoms with E-state index >= 15 is 0 Å². The maximum Gasteiger partial charge on any atom is 0.162 e. The summed E-state index contributed by atoms with van der Waals surface area (Å²) in [7, 11) is 0. The summed E-state index contributed by atoms with van der Waals surface area (Å²) in [5, 5.41) is 3.37. The Kier molecular flexibility index (Phi) is 4.02. The van der Waals surface area contributed by atoms with Gasteiger partial charge in [0.2, 0.25) is 0 Å². The number of rotatable bonds is 2. The van der Waals surface area contributed by atoms with Gasteiger partial charge in [-0.3, -0.25) is 0 Å². The molecule has 0 aliphatic carbocycles. The quantitative estimate of drug-likeness (QED) is 0.875. The average molecular weight is 287 g/mol. The second kappa shape index (κ2) is 5.94. The third-order valence-corrected chi connectivity index (χ3v) is 4.33. The Morgan fingerprint density at radius 1 is 1.05 bits per heavy atom. The van der Waals surface area contributed by atoms with Crippen LogP contribution in [0.2, 0.25) is 0 Å². The Morgan fingerprint density at radius 3 is 2.67 bits per heavy atom. The van der Waals surface area contributed by atoms with Crippen LogP contribution in [0, 0.1) is 18.6 Å². The summed E-state index contributed by atoms with van der Waals surface area (Å²) in [6.45, 7) is 3.69. The van der Waals surface area contributed by atoms with E-state index in [1.54, 1.807) is 12.1 Å². The summed E-state index contributed by atoms with van der Waals surface area (Å²) in [5.41, 5.74) is 2.88. The molecule has 0 aromatic heterocycles. The van der Waals surface area contributed by atoms with Gasteiger partial charge in [-0.2, -0.15) is 0 Å². The van der Waals surface area contributed by atoms with E-state index in [2.05, 4.69) is 30.4 Å². The van der Waals surface area contributed by atoms with Gasteiger partial charge in [-0.25, -0.2) is 8.78 Å². The number of hydrogen-bond donors (Lipinski definition) is 1. The first kappa shape index (κ1) is 14.2. The SMILES string of the molecule is Cc1cccc(C2CNCCC2c2cccc(F)c2F)c1. The number of aryl methyl sites for hydroxylation is 1. The van der Waals surface area contributed by atoms with E-state index in [1.165, 1.54) is 17.2 Å². The Balaban J connectivity index is 2.00. The zero-order valence-electron chi connectivity index (χ0n) is 12.1. The maximum absolute atomic E-state index is 14.2. The normalized spacial score (nSPS) is 22.2. The lowest BCUT2D eigenvalue weighted by Gasteiger charge is -2.33. The summed E-state index contributed by atoms with van der Waals surface area (Å²) in [6, 6.07) is 12.8. The second-order valence-electron chi connectivity index (χ2n) is 5.76. The Morgan fingerprint density at radius 2 is 1.86 bits per heavy atom. The molecule has 2 aromatic carbocycles. The minimum absolute atomic E-state index is 0.0174. The monoisotopic (exact) mass is 287 g/mol. The van der Waals surface area contributed by atoms with Crippen LogP contribution in [0.4, 0.5) is 8.78 Å². The minimum atomic E-state index is -0.756. The van der Waals surface area contributed by atoms with Crippen LogP contribution in [0.5, 0.6) is 0 Å². The fraction of sp³-hybridized carbons (Fsp3) is 0.333. The highest BCUT2D eigenvalue weighted by Crippen LogP contribution is 2.38. The molecule has 3 rings (SSSR count). The van der Waals surface area contributed by atoms with Crippen molar-refractivity contribution < 1.29 is 8.78 Å². The number of nitrogens with one attached hydrogen (secondary N) is 1. The molecule has 1 aliphatic heterocycles. The maximum atomic E-state index is 14.2. The van der Waals surface area contributed by atoms with Crippen molar-refractivity contribution in [3.8, 4) is 0 Å². The number of hydrogen-bond acceptors (Lipinski definition) is 1. The van der Waals surface area contributed by atoms with Crippen molar-refractivity contribution in [3.05, 3.63) is 70.8 Å². The van der Waals surface area contributed by atoms with Gasteiger partial charge in [0, 0.05) is 12.5 Å². The van der Waals surface area contributed by atoms with Crippen LogP contribution >= 0.6 is 0 Å². The van der Waals surface area contributed by atoms with Crippen molar-refractivity contribution >= 4 is 0 Å². The zero-order chi connectivity index (χ0) is 14.8. The molecule has 2 aromatic rings. The van der Waals surface area contributed by atoms with Crippen LogP contribution in [0.3, 0.4) is 0 Å². The molecule has 0 spiro atoms. The third-order valence-electron chi connectivity index (χ3n) is 4.33. The lowest BCUT2D eigenvalue weighted by molar-refractivity contribution is 0.386. The first-order valence-corrected chi connectivity index (χ1v) is 7.38. The summed E-state index contributed by atoms with van der Waals surface area (Å²) in [4.78, 5) is 0. The number of halogens is 2. The highest BCUT2D eigenvalue weighted by molar-refractivity contribution is 5.33. The molecule has 1 heterocycles. The molecular formula is C18H19F2N. The molecule has 0 amide bonds. The van der Waals surface area contributed by atoms with Gasteiger partial charge in [-0.05, 0) is 43.0 Å². The van der Waals surface area contributed by atoms with Crippen molar-refractivity contribution in [2.24, 2.45) is 0 Å². The van der Waals surface area contributed by atoms with Gasteiger partial charge < -0.3 is 5.32 Å². The van der Waals surface area contributed by atoms with Crippen molar-refractivity contribution in [2.75, 3.05) is 13.1 Å². The molecular weight excluding hydrogens is 268 g/mol. The molecule has 3 heteroatoms. The van der Waals surface area contributed by atoms with Crippen molar-refractivity contribution in [2.45, 2.75) is 25.2 Å². The number of benzene rings is 2. The number of piperidine rings is 1. The Bertz CT molecular complexity index is 639. The van der Waals surface area contributed by atoms with Crippen molar-refractivity contribution in [3.63, 3.8) is 0 Å². The third kappa shape index (κ3) is 2.84. The molecule has 110 valence electrons. The van der Waals surface area contributed by atoms with Crippen LogP contribution < -0.4 is 5.32 Å². The average Bonchev–Trinajstić information content (AvgIpc) is 2.50. The molecule has 21 heavy (non-hydrogen) atoms. The largest absolute Gasteiger partial charge is 0.316 e. The molecule has 0 saturated carbocycles. The van der Waals surface area contributed by atoms with Crippen molar-refractivity contribution in [1.82, 2.24) is 5.32 Å². The van der Waals surface area contributed by atoms with Gasteiger partial charge in [-0.15, -0.1) is 0 Å². The van der Waals surface area contributed by atoms with Gasteiger partial charge in [0.25, 0.3) is 0 Å². The van der Waals surface area contributed by atoms with Crippen LogP contribution in [0.1, 0.15) is 34.9 Å². The summed E-state index contributed by atoms with van der Waals surface area (Å²) >= 11 is 0. The van der Waals surface area contributed by atoms with Gasteiger partial charge in [0.15, 0.2) is 11.6 Å². The van der Waals surface area contributed by atoms with E-state index in [4.69, 9.17) is 0 Å². The second-order valence-corrected chi connectivity index (χ2v) is 5.76. The Labute approximate surface area is 124 Å². The van der Waals surface area contributed by atoms with Crippen LogP contribution in [0.25, 0.3) is 0 Å². The lowest BCUT2D eigenvalue weighted by Crippen LogP contribution is -2.34. The van der Waals surface area contributed by atoms with Crippen molar-refractivity contribution in [1.29, 1.82) is 0 Å². The summed E-state index contributed by atoms with van der Waals surface area (Å²) in [5.74, 6) is -1.25. The molecule has 2 atom stereocenters. The molecule has 1 nitrogen and oxygen atoms in total. The van der Waals surface area contributed by atoms with Crippen LogP contribution in [-0.2, 0) is 0 Å². The highest BCUT2D eigenvalue weighted by atomic mass is 19.2. The molecule has 1 fully saturated rings. The van der Waals surface area contributed by atoms with Crippen LogP contribution in [-0.4, -0.2) is 13.1 Å². The molecule has 2 unspecified atom stereocenters. The van der Waals surface area contributed by atoms with E-state index in [1.807, 2.05) is 6.07 Å². The molecule has 0 radical (unpaired) electrons. The van der Waals surface area contributed by atoms with Gasteiger partial charge in [0.05, 0.1) is 0 Å². The van der Waals surface area contributed by atoms with E-state index in [-0.39, 0.29) is 11.8 Å². The Hall–Kier alpha value is -1.74. The van der Waals surface area contributed by atoms with Crippen LogP contribution in [0.15, 0.2) is 42.5 Å². The lowest BCUT2D eigenvalue weighted by atomic mass is 9.77. The van der Waals surface area contributed by atoms with Gasteiger partial charge in [0.1, 0.15) is 0 Å². The molecule has 1 saturated heterocycles. The summed E-state index contributed by atoms with van der Waals surface area (Å²) < 4.78 is 27.7. The molecule has 1 aliphatic rings. The topological polar surface area (TPSA) is 12.0 Å².